The van der Waals surface area contributed by atoms with E-state index >= 15 is 0 Å². The van der Waals surface area contributed by atoms with E-state index in [1.165, 1.54) is 11.8 Å². The van der Waals surface area contributed by atoms with E-state index in [9.17, 15) is 4.79 Å². The summed E-state index contributed by atoms with van der Waals surface area (Å²) in [6, 6.07) is 15.4. The van der Waals surface area contributed by atoms with E-state index in [1.54, 1.807) is 30.1 Å². The fourth-order valence-electron chi connectivity index (χ4n) is 2.59. The molecule has 0 saturated carbocycles. The van der Waals surface area contributed by atoms with Crippen LogP contribution in [0.3, 0.4) is 0 Å². The number of nitrogens with zero attached hydrogens (tertiary/aromatic N) is 3. The zero-order chi connectivity index (χ0) is 17.2. The van der Waals surface area contributed by atoms with E-state index < -0.39 is 0 Å². The minimum atomic E-state index is 0.0555. The smallest absolute Gasteiger partial charge is 0.404 e. The lowest BCUT2D eigenvalue weighted by atomic mass is 10.2. The maximum Gasteiger partial charge on any atom is 0.404 e. The highest BCUT2D eigenvalue weighted by Crippen LogP contribution is 2.25. The van der Waals surface area contributed by atoms with Crippen LogP contribution in [-0.4, -0.2) is 15.2 Å². The molecule has 122 valence electrons. The van der Waals surface area contributed by atoms with Crippen molar-refractivity contribution in [2.75, 3.05) is 0 Å². The first-order valence-corrected chi connectivity index (χ1v) is 8.52. The highest BCUT2D eigenvalue weighted by Gasteiger charge is 2.21. The summed E-state index contributed by atoms with van der Waals surface area (Å²) < 4.78 is 7.40. The second kappa shape index (κ2) is 6.49. The van der Waals surface area contributed by atoms with Gasteiger partial charge in [-0.2, -0.15) is 0 Å². The highest BCUT2D eigenvalue weighted by atomic mass is 32.2. The van der Waals surface area contributed by atoms with E-state index in [4.69, 9.17) is 9.52 Å². The summed E-state index contributed by atoms with van der Waals surface area (Å²) in [5.74, 6) is 0. The van der Waals surface area contributed by atoms with Crippen molar-refractivity contribution in [3.05, 3.63) is 67.2 Å². The summed E-state index contributed by atoms with van der Waals surface area (Å²) >= 11 is 1.21. The third-order valence-electron chi connectivity index (χ3n) is 3.69. The number of thioether (sulfide) groups is 1. The first-order valence-electron chi connectivity index (χ1n) is 7.70. The number of rotatable bonds is 3. The van der Waals surface area contributed by atoms with Crippen LogP contribution in [0.15, 0.2) is 76.5 Å². The monoisotopic (exact) mass is 348 g/mol. The summed E-state index contributed by atoms with van der Waals surface area (Å²) in [6.45, 7) is 1.56. The van der Waals surface area contributed by atoms with Gasteiger partial charge in [0.05, 0.1) is 11.6 Å². The van der Waals surface area contributed by atoms with Gasteiger partial charge in [0.2, 0.25) is 0 Å². The first-order chi connectivity index (χ1) is 12.2. The van der Waals surface area contributed by atoms with Gasteiger partial charge in [-0.05, 0) is 40.9 Å². The number of benzene rings is 1. The number of pyridine rings is 1. The van der Waals surface area contributed by atoms with Gasteiger partial charge in [-0.3, -0.25) is 9.78 Å². The van der Waals surface area contributed by atoms with Gasteiger partial charge in [-0.15, -0.1) is 0 Å². The fourth-order valence-corrected chi connectivity index (χ4v) is 3.26. The quantitative estimate of drug-likeness (QED) is 0.416. The van der Waals surface area contributed by atoms with Crippen molar-refractivity contribution in [3.8, 4) is 22.5 Å². The van der Waals surface area contributed by atoms with Crippen LogP contribution < -0.4 is 4.52 Å². The number of aromatic nitrogens is 3. The van der Waals surface area contributed by atoms with Gasteiger partial charge in [0.15, 0.2) is 11.4 Å². The molecule has 4 aromatic rings. The molecule has 25 heavy (non-hydrogen) atoms. The Morgan fingerprint density at radius 2 is 1.92 bits per heavy atom. The molecular formula is C19H14N3O2S+. The summed E-state index contributed by atoms with van der Waals surface area (Å²) in [5, 5.41) is 4.75. The molecule has 0 unspecified atom stereocenters. The molecule has 6 heteroatoms. The molecule has 0 atom stereocenters. The van der Waals surface area contributed by atoms with Crippen molar-refractivity contribution in [1.29, 1.82) is 0 Å². The summed E-state index contributed by atoms with van der Waals surface area (Å²) in [7, 11) is 0. The van der Waals surface area contributed by atoms with Crippen molar-refractivity contribution in [3.63, 3.8) is 0 Å². The first kappa shape index (κ1) is 15.5. The molecule has 3 heterocycles. The molecule has 0 spiro atoms. The Labute approximate surface area is 148 Å². The van der Waals surface area contributed by atoms with Crippen LogP contribution in [-0.2, 0) is 4.79 Å². The van der Waals surface area contributed by atoms with E-state index in [0.29, 0.717) is 5.71 Å². The van der Waals surface area contributed by atoms with E-state index in [-0.39, 0.29) is 5.12 Å². The fraction of sp³-hybridized carbons (Fsp3) is 0.0526. The topological polar surface area (TPSA) is 60.1 Å². The van der Waals surface area contributed by atoms with Gasteiger partial charge in [-0.1, -0.05) is 17.8 Å². The van der Waals surface area contributed by atoms with Crippen molar-refractivity contribution >= 4 is 22.6 Å². The molecule has 5 nitrogen and oxygen atoms in total. The predicted octanol–water partition coefficient (Wildman–Crippen LogP) is 3.78. The molecule has 0 fully saturated rings. The summed E-state index contributed by atoms with van der Waals surface area (Å²) in [5.41, 5.74) is 4.23. The number of oxazole rings is 1. The SMILES string of the molecule is CC(=O)Sc1cccc(-c2coc3ccc(-c4ccncc4)n[n+]23)c1. The van der Waals surface area contributed by atoms with Crippen molar-refractivity contribution < 1.29 is 13.7 Å². The predicted molar refractivity (Wildman–Crippen MR) is 94.9 cm³/mol. The number of carbonyl (C=O) groups is 1. The molecule has 0 aliphatic carbocycles. The van der Waals surface area contributed by atoms with Crippen molar-refractivity contribution in [2.24, 2.45) is 0 Å². The number of fused-ring (bicyclic) bond motifs is 1. The Kier molecular flexibility index (Phi) is 4.03. The highest BCUT2D eigenvalue weighted by molar-refractivity contribution is 8.13. The number of carbonyl (C=O) groups excluding carboxylic acids is 1. The molecule has 0 saturated heterocycles. The molecule has 4 rings (SSSR count). The lowest BCUT2D eigenvalue weighted by Crippen LogP contribution is -2.27. The van der Waals surface area contributed by atoms with Gasteiger partial charge < -0.3 is 4.42 Å². The normalized spacial score (nSPS) is 10.9. The Morgan fingerprint density at radius 3 is 2.72 bits per heavy atom. The van der Waals surface area contributed by atoms with Crippen LogP contribution in [0.4, 0.5) is 0 Å². The Bertz CT molecular complexity index is 1060. The lowest BCUT2D eigenvalue weighted by molar-refractivity contribution is -0.569. The third kappa shape index (κ3) is 3.16. The van der Waals surface area contributed by atoms with Crippen LogP contribution in [0.5, 0.6) is 0 Å². The van der Waals surface area contributed by atoms with Gasteiger partial charge in [0.1, 0.15) is 5.69 Å². The van der Waals surface area contributed by atoms with Crippen LogP contribution in [0, 0.1) is 0 Å². The Balaban J connectivity index is 1.81. The third-order valence-corrected chi connectivity index (χ3v) is 4.46. The van der Waals surface area contributed by atoms with Crippen LogP contribution in [0.25, 0.3) is 28.2 Å². The van der Waals surface area contributed by atoms with E-state index in [1.807, 2.05) is 48.5 Å². The van der Waals surface area contributed by atoms with Crippen LogP contribution >= 0.6 is 11.8 Å². The number of hydrogen-bond donors (Lipinski definition) is 0. The molecule has 0 aliphatic heterocycles. The largest absolute Gasteiger partial charge is 0.404 e. The maximum atomic E-state index is 11.3. The van der Waals surface area contributed by atoms with Crippen LogP contribution in [0.1, 0.15) is 6.92 Å². The second-order valence-corrected chi connectivity index (χ2v) is 6.70. The summed E-state index contributed by atoms with van der Waals surface area (Å²) in [6.07, 6.45) is 5.16. The molecular weight excluding hydrogens is 334 g/mol. The van der Waals surface area contributed by atoms with E-state index in [2.05, 4.69) is 4.98 Å². The van der Waals surface area contributed by atoms with Crippen molar-refractivity contribution in [2.45, 2.75) is 11.8 Å². The minimum Gasteiger partial charge on any atom is -0.404 e. The van der Waals surface area contributed by atoms with Crippen molar-refractivity contribution in [1.82, 2.24) is 10.1 Å². The molecule has 0 radical (unpaired) electrons. The zero-order valence-corrected chi connectivity index (χ0v) is 14.2. The molecule has 0 bridgehead atoms. The maximum absolute atomic E-state index is 11.3. The van der Waals surface area contributed by atoms with Gasteiger partial charge in [0.25, 0.3) is 5.69 Å². The van der Waals surface area contributed by atoms with Gasteiger partial charge >= 0.3 is 5.71 Å². The Morgan fingerprint density at radius 1 is 1.08 bits per heavy atom. The standard InChI is InChI=1S/C19H14N3O2S/c1-13(23)25-16-4-2-3-15(11-16)18-12-24-19-6-5-17(21-22(18)19)14-7-9-20-10-8-14/h2-12H,1H3/q+1. The molecule has 3 aromatic heterocycles. The minimum absolute atomic E-state index is 0.0555. The summed E-state index contributed by atoms with van der Waals surface area (Å²) in [4.78, 5) is 16.3. The van der Waals surface area contributed by atoms with Gasteiger partial charge in [0, 0.05) is 34.9 Å². The second-order valence-electron chi connectivity index (χ2n) is 5.45. The zero-order valence-electron chi connectivity index (χ0n) is 13.4. The number of hydrogen-bond acceptors (Lipinski definition) is 5. The van der Waals surface area contributed by atoms with Gasteiger partial charge in [-0.25, -0.2) is 0 Å². The Hall–Kier alpha value is -2.99. The average Bonchev–Trinajstić information content (AvgIpc) is 3.05. The molecule has 0 aliphatic rings. The van der Waals surface area contributed by atoms with E-state index in [0.717, 1.165) is 27.4 Å². The average molecular weight is 348 g/mol. The lowest BCUT2D eigenvalue weighted by Gasteiger charge is -1.99. The molecule has 0 N–H and O–H groups in total. The molecule has 1 aromatic carbocycles. The molecule has 0 amide bonds. The van der Waals surface area contributed by atoms with Crippen LogP contribution in [0.2, 0.25) is 0 Å².